The molecular formula is C25H28FN3O6. The van der Waals surface area contributed by atoms with E-state index in [1.807, 2.05) is 6.07 Å². The van der Waals surface area contributed by atoms with Crippen molar-refractivity contribution in [1.82, 2.24) is 4.90 Å². The Bertz CT molecular complexity index is 1090. The van der Waals surface area contributed by atoms with Crippen molar-refractivity contribution in [3.05, 3.63) is 53.8 Å². The molecule has 0 saturated carbocycles. The Morgan fingerprint density at radius 1 is 1.11 bits per heavy atom. The van der Waals surface area contributed by atoms with E-state index in [-0.39, 0.29) is 42.7 Å². The van der Waals surface area contributed by atoms with Crippen molar-refractivity contribution in [3.63, 3.8) is 0 Å². The van der Waals surface area contributed by atoms with Crippen molar-refractivity contribution in [2.24, 2.45) is 0 Å². The van der Waals surface area contributed by atoms with Gasteiger partial charge in [-0.2, -0.15) is 0 Å². The summed E-state index contributed by atoms with van der Waals surface area (Å²) in [5.41, 5.74) is 1.48. The number of carbonyl (C=O) groups excluding carboxylic acids is 2. The van der Waals surface area contributed by atoms with Crippen molar-refractivity contribution in [1.29, 1.82) is 0 Å². The minimum atomic E-state index is -0.570. The third kappa shape index (κ3) is 5.09. The van der Waals surface area contributed by atoms with E-state index in [0.29, 0.717) is 44.2 Å². The van der Waals surface area contributed by atoms with Crippen LogP contribution in [-0.2, 0) is 14.3 Å². The van der Waals surface area contributed by atoms with Crippen molar-refractivity contribution < 1.29 is 33.3 Å². The molecule has 5 rings (SSSR count). The molecule has 0 aromatic heterocycles. The summed E-state index contributed by atoms with van der Waals surface area (Å²) in [5.74, 6) is 0.0348. The number of amides is 3. The molecule has 3 heterocycles. The number of carbonyl (C=O) groups is 2. The molecule has 0 bridgehead atoms. The van der Waals surface area contributed by atoms with Crippen LogP contribution in [0.1, 0.15) is 24.3 Å². The third-order valence-corrected chi connectivity index (χ3v) is 6.65. The maximum atomic E-state index is 13.8. The summed E-state index contributed by atoms with van der Waals surface area (Å²) < 4.78 is 31.3. The van der Waals surface area contributed by atoms with Crippen molar-refractivity contribution in [2.45, 2.75) is 37.1 Å². The first-order valence-electron chi connectivity index (χ1n) is 11.8. The Labute approximate surface area is 202 Å². The Balaban J connectivity index is 1.28. The van der Waals surface area contributed by atoms with Crippen LogP contribution in [0.15, 0.2) is 42.5 Å². The normalized spacial score (nSPS) is 25.3. The Hall–Kier alpha value is -3.21. The molecule has 35 heavy (non-hydrogen) atoms. The van der Waals surface area contributed by atoms with Crippen molar-refractivity contribution in [3.8, 4) is 5.75 Å². The summed E-state index contributed by atoms with van der Waals surface area (Å²) in [6.45, 7) is 1.97. The third-order valence-electron chi connectivity index (χ3n) is 6.65. The Kier molecular flexibility index (Phi) is 6.85. The summed E-state index contributed by atoms with van der Waals surface area (Å²) in [6.07, 6.45) is -0.538. The van der Waals surface area contributed by atoms with Gasteiger partial charge < -0.3 is 34.9 Å². The topological polar surface area (TPSA) is 109 Å². The van der Waals surface area contributed by atoms with Crippen LogP contribution < -0.4 is 15.4 Å². The molecule has 3 amide bonds. The first-order chi connectivity index (χ1) is 17.0. The second-order valence-corrected chi connectivity index (χ2v) is 8.91. The number of rotatable bonds is 5. The highest BCUT2D eigenvalue weighted by Crippen LogP contribution is 2.47. The van der Waals surface area contributed by atoms with Gasteiger partial charge in [-0.3, -0.25) is 4.79 Å². The molecule has 9 nitrogen and oxygen atoms in total. The van der Waals surface area contributed by atoms with E-state index in [1.54, 1.807) is 29.2 Å². The zero-order valence-electron chi connectivity index (χ0n) is 19.1. The smallest absolute Gasteiger partial charge is 0.323 e. The number of aliphatic hydroxyl groups is 1. The summed E-state index contributed by atoms with van der Waals surface area (Å²) in [4.78, 5) is 27.0. The van der Waals surface area contributed by atoms with Crippen LogP contribution >= 0.6 is 0 Å². The van der Waals surface area contributed by atoms with Crippen molar-refractivity contribution >= 4 is 23.3 Å². The maximum absolute atomic E-state index is 13.8. The van der Waals surface area contributed by atoms with Gasteiger partial charge in [-0.1, -0.05) is 12.1 Å². The number of urea groups is 1. The van der Waals surface area contributed by atoms with Crippen molar-refractivity contribution in [2.75, 3.05) is 43.5 Å². The second kappa shape index (κ2) is 10.2. The minimum absolute atomic E-state index is 0.00723. The molecule has 3 aliphatic rings. The predicted octanol–water partition coefficient (Wildman–Crippen LogP) is 2.71. The number of aliphatic hydroxyl groups excluding tert-OH is 1. The van der Waals surface area contributed by atoms with Gasteiger partial charge in [0.15, 0.2) is 0 Å². The summed E-state index contributed by atoms with van der Waals surface area (Å²) in [6, 6.07) is 10.6. The van der Waals surface area contributed by atoms with E-state index >= 15 is 0 Å². The predicted molar refractivity (Wildman–Crippen MR) is 125 cm³/mol. The highest BCUT2D eigenvalue weighted by molar-refractivity contribution is 5.99. The fourth-order valence-electron chi connectivity index (χ4n) is 4.95. The van der Waals surface area contributed by atoms with Gasteiger partial charge in [-0.25, -0.2) is 9.18 Å². The first-order valence-corrected chi connectivity index (χ1v) is 11.8. The summed E-state index contributed by atoms with van der Waals surface area (Å²) in [7, 11) is 0. The molecule has 0 aliphatic carbocycles. The molecule has 0 unspecified atom stereocenters. The van der Waals surface area contributed by atoms with E-state index in [2.05, 4.69) is 10.6 Å². The number of anilines is 2. The first kappa shape index (κ1) is 23.5. The summed E-state index contributed by atoms with van der Waals surface area (Å²) >= 11 is 0. The van der Waals surface area contributed by atoms with Gasteiger partial charge in [0.05, 0.1) is 38.0 Å². The van der Waals surface area contributed by atoms with Crippen LogP contribution in [-0.4, -0.2) is 73.2 Å². The van der Waals surface area contributed by atoms with E-state index in [4.69, 9.17) is 14.2 Å². The van der Waals surface area contributed by atoms with Gasteiger partial charge >= 0.3 is 6.03 Å². The molecule has 0 radical (unpaired) electrons. The van der Waals surface area contributed by atoms with Crippen LogP contribution in [0, 0.1) is 5.82 Å². The molecule has 0 spiro atoms. The van der Waals surface area contributed by atoms with Gasteiger partial charge in [0, 0.05) is 30.3 Å². The average Bonchev–Trinajstić information content (AvgIpc) is 3.23. The fourth-order valence-corrected chi connectivity index (χ4v) is 4.95. The largest absolute Gasteiger partial charge is 0.487 e. The number of nitrogens with zero attached hydrogens (tertiary/aromatic N) is 1. The minimum Gasteiger partial charge on any atom is -0.487 e. The lowest BCUT2D eigenvalue weighted by molar-refractivity contribution is -0.151. The zero-order chi connectivity index (χ0) is 24.4. The van der Waals surface area contributed by atoms with Crippen LogP contribution in [0.3, 0.4) is 0 Å². The van der Waals surface area contributed by atoms with Gasteiger partial charge in [0.2, 0.25) is 5.91 Å². The summed E-state index contributed by atoms with van der Waals surface area (Å²) in [5, 5.41) is 15.2. The maximum Gasteiger partial charge on any atom is 0.323 e. The molecule has 4 atom stereocenters. The zero-order valence-corrected chi connectivity index (χ0v) is 19.1. The highest BCUT2D eigenvalue weighted by Gasteiger charge is 2.46. The van der Waals surface area contributed by atoms with Gasteiger partial charge in [-0.15, -0.1) is 0 Å². The lowest BCUT2D eigenvalue weighted by Gasteiger charge is -2.38. The number of nitrogens with one attached hydrogen (secondary N) is 2. The van der Waals surface area contributed by atoms with Crippen LogP contribution in [0.25, 0.3) is 0 Å². The van der Waals surface area contributed by atoms with E-state index < -0.39 is 18.0 Å². The molecule has 10 heteroatoms. The van der Waals surface area contributed by atoms with Gasteiger partial charge in [-0.05, 0) is 36.8 Å². The number of ether oxygens (including phenoxy) is 3. The molecule has 2 fully saturated rings. The monoisotopic (exact) mass is 485 g/mol. The van der Waals surface area contributed by atoms with Gasteiger partial charge in [0.1, 0.15) is 23.8 Å². The number of benzene rings is 2. The Morgan fingerprint density at radius 2 is 1.91 bits per heavy atom. The number of hydrogen-bond acceptors (Lipinski definition) is 6. The SMILES string of the molecule is O=C(Nc1ccc2c(c1)[C@@H]1C[C@@H](CC(=O)N3CCOCC3)O[C@H](CO)[C@@H]1O2)Nc1ccccc1F. The van der Waals surface area contributed by atoms with E-state index in [0.717, 1.165) is 5.56 Å². The van der Waals surface area contributed by atoms with Gasteiger partial charge in [0.25, 0.3) is 0 Å². The Morgan fingerprint density at radius 3 is 2.69 bits per heavy atom. The molecule has 2 saturated heterocycles. The molecule has 2 aromatic rings. The number of halogens is 1. The van der Waals surface area contributed by atoms with Crippen LogP contribution in [0.4, 0.5) is 20.6 Å². The number of fused-ring (bicyclic) bond motifs is 3. The molecule has 186 valence electrons. The lowest BCUT2D eigenvalue weighted by Crippen LogP contribution is -2.48. The average molecular weight is 486 g/mol. The molecule has 2 aromatic carbocycles. The number of para-hydroxylation sites is 1. The van der Waals surface area contributed by atoms with E-state index in [1.165, 1.54) is 12.1 Å². The quantitative estimate of drug-likeness (QED) is 0.601. The second-order valence-electron chi connectivity index (χ2n) is 8.91. The van der Waals surface area contributed by atoms with E-state index in [9.17, 15) is 19.1 Å². The number of morpholine rings is 1. The number of hydrogen-bond donors (Lipinski definition) is 3. The molecule has 3 aliphatic heterocycles. The van der Waals surface area contributed by atoms with Crippen LogP contribution in [0.2, 0.25) is 0 Å². The standard InChI is InChI=1S/C25H28FN3O6/c26-19-3-1-2-4-20(19)28-25(32)27-15-5-6-21-17(11-15)18-12-16(34-22(14-30)24(18)35-21)13-23(31)29-7-9-33-10-8-29/h1-6,11,16,18,22,24,30H,7-10,12-14H2,(H2,27,28,32)/t16-,18-,22+,24+/m0/s1. The lowest BCUT2D eigenvalue weighted by atomic mass is 9.84. The molecular weight excluding hydrogens is 457 g/mol. The fraction of sp³-hybridized carbons (Fsp3) is 0.440. The van der Waals surface area contributed by atoms with Crippen LogP contribution in [0.5, 0.6) is 5.75 Å². The highest BCUT2D eigenvalue weighted by atomic mass is 19.1. The molecule has 3 N–H and O–H groups in total.